The van der Waals surface area contributed by atoms with Crippen LogP contribution in [0.15, 0.2) is 16.6 Å². The van der Waals surface area contributed by atoms with Crippen molar-refractivity contribution in [3.8, 4) is 0 Å². The second kappa shape index (κ2) is 6.36. The molecular weight excluding hydrogens is 346 g/mol. The molecule has 0 aliphatic carbocycles. The fourth-order valence-electron chi connectivity index (χ4n) is 2.42. The molecule has 1 heterocycles. The summed E-state index contributed by atoms with van der Waals surface area (Å²) >= 11 is 3.49. The Morgan fingerprint density at radius 1 is 1.23 bits per heavy atom. The number of carbonyl (C=O) groups excluding carboxylic acids is 1. The summed E-state index contributed by atoms with van der Waals surface area (Å²) in [5.41, 5.74) is 8.63. The molecule has 1 aromatic carbocycles. The summed E-state index contributed by atoms with van der Waals surface area (Å²) in [6.45, 7) is 10.4. The van der Waals surface area contributed by atoms with E-state index in [2.05, 4.69) is 20.8 Å². The summed E-state index contributed by atoms with van der Waals surface area (Å²) in [4.78, 5) is 16.0. The van der Waals surface area contributed by atoms with Gasteiger partial charge in [0.2, 0.25) is 0 Å². The van der Waals surface area contributed by atoms with Gasteiger partial charge in [0.05, 0.1) is 11.4 Å². The average Bonchev–Trinajstić information content (AvgIpc) is 2.43. The van der Waals surface area contributed by atoms with Crippen LogP contribution in [0.3, 0.4) is 0 Å². The molecule has 0 atom stereocenters. The minimum atomic E-state index is -0.457. The van der Waals surface area contributed by atoms with Gasteiger partial charge in [-0.05, 0) is 45.4 Å². The topological polar surface area (TPSA) is 58.8 Å². The van der Waals surface area contributed by atoms with E-state index in [-0.39, 0.29) is 6.09 Å². The van der Waals surface area contributed by atoms with Crippen molar-refractivity contribution >= 4 is 33.4 Å². The molecule has 2 rings (SSSR count). The van der Waals surface area contributed by atoms with Crippen LogP contribution in [0, 0.1) is 6.92 Å². The zero-order chi connectivity index (χ0) is 16.5. The summed E-state index contributed by atoms with van der Waals surface area (Å²) in [6.07, 6.45) is -0.243. The molecule has 6 heteroatoms. The standard InChI is InChI=1S/C16H24BrN3O2/c1-11-12(17)5-6-13(14(11)18)19-7-9-20(10-8-19)15(21)22-16(2,3)4/h5-6H,7-10,18H2,1-4H3. The second-order valence-electron chi connectivity index (χ2n) is 6.56. The quantitative estimate of drug-likeness (QED) is 0.770. The number of anilines is 2. The van der Waals surface area contributed by atoms with E-state index in [0.717, 1.165) is 34.5 Å². The SMILES string of the molecule is Cc1c(Br)ccc(N2CCN(C(=O)OC(C)(C)C)CC2)c1N. The number of piperazine rings is 1. The Kier molecular flexibility index (Phi) is 4.90. The van der Waals surface area contributed by atoms with Gasteiger partial charge in [-0.2, -0.15) is 0 Å². The van der Waals surface area contributed by atoms with E-state index in [4.69, 9.17) is 10.5 Å². The number of carbonyl (C=O) groups is 1. The van der Waals surface area contributed by atoms with Crippen molar-refractivity contribution in [1.29, 1.82) is 0 Å². The number of amides is 1. The molecule has 1 aromatic rings. The lowest BCUT2D eigenvalue weighted by molar-refractivity contribution is 0.0240. The van der Waals surface area contributed by atoms with Crippen molar-refractivity contribution in [3.63, 3.8) is 0 Å². The average molecular weight is 370 g/mol. The second-order valence-corrected chi connectivity index (χ2v) is 7.41. The first-order valence-corrected chi connectivity index (χ1v) is 8.26. The summed E-state index contributed by atoms with van der Waals surface area (Å²) in [5.74, 6) is 0. The van der Waals surface area contributed by atoms with Crippen LogP contribution in [0.2, 0.25) is 0 Å². The number of nitrogens with two attached hydrogens (primary N) is 1. The zero-order valence-electron chi connectivity index (χ0n) is 13.6. The van der Waals surface area contributed by atoms with Crippen molar-refractivity contribution in [2.75, 3.05) is 36.8 Å². The van der Waals surface area contributed by atoms with Gasteiger partial charge in [0.15, 0.2) is 0 Å². The maximum atomic E-state index is 12.1. The number of nitrogens with zero attached hydrogens (tertiary/aromatic N) is 2. The van der Waals surface area contributed by atoms with Crippen molar-refractivity contribution in [2.24, 2.45) is 0 Å². The van der Waals surface area contributed by atoms with Gasteiger partial charge in [0.1, 0.15) is 5.60 Å². The fraction of sp³-hybridized carbons (Fsp3) is 0.562. The number of ether oxygens (including phenoxy) is 1. The zero-order valence-corrected chi connectivity index (χ0v) is 15.2. The number of hydrogen-bond acceptors (Lipinski definition) is 4. The van der Waals surface area contributed by atoms with E-state index < -0.39 is 5.60 Å². The molecule has 2 N–H and O–H groups in total. The Bertz CT molecular complexity index is 561. The molecule has 1 fully saturated rings. The molecule has 0 spiro atoms. The van der Waals surface area contributed by atoms with Crippen molar-refractivity contribution in [1.82, 2.24) is 4.90 Å². The first kappa shape index (κ1) is 16.9. The van der Waals surface area contributed by atoms with E-state index in [1.807, 2.05) is 39.8 Å². The van der Waals surface area contributed by atoms with Crippen LogP contribution < -0.4 is 10.6 Å². The van der Waals surface area contributed by atoms with Gasteiger partial charge >= 0.3 is 6.09 Å². The largest absolute Gasteiger partial charge is 0.444 e. The maximum absolute atomic E-state index is 12.1. The molecule has 1 aliphatic heterocycles. The molecule has 0 saturated carbocycles. The van der Waals surface area contributed by atoms with Gasteiger partial charge in [0.25, 0.3) is 0 Å². The number of benzene rings is 1. The molecule has 0 radical (unpaired) electrons. The van der Waals surface area contributed by atoms with Gasteiger partial charge in [-0.25, -0.2) is 4.79 Å². The molecule has 0 aromatic heterocycles. The molecule has 122 valence electrons. The number of rotatable bonds is 1. The molecule has 1 saturated heterocycles. The molecule has 0 bridgehead atoms. The van der Waals surface area contributed by atoms with Crippen molar-refractivity contribution in [3.05, 3.63) is 22.2 Å². The summed E-state index contributed by atoms with van der Waals surface area (Å²) in [5, 5.41) is 0. The Morgan fingerprint density at radius 3 is 2.36 bits per heavy atom. The lowest BCUT2D eigenvalue weighted by Crippen LogP contribution is -2.50. The third-order valence-corrected chi connectivity index (χ3v) is 4.56. The van der Waals surface area contributed by atoms with E-state index >= 15 is 0 Å². The first-order chi connectivity index (χ1) is 10.2. The van der Waals surface area contributed by atoms with Gasteiger partial charge in [-0.3, -0.25) is 0 Å². The highest BCUT2D eigenvalue weighted by atomic mass is 79.9. The molecule has 22 heavy (non-hydrogen) atoms. The molecule has 1 aliphatic rings. The predicted octanol–water partition coefficient (Wildman–Crippen LogP) is 3.40. The minimum Gasteiger partial charge on any atom is -0.444 e. The third kappa shape index (κ3) is 3.85. The van der Waals surface area contributed by atoms with Crippen LogP contribution in [0.5, 0.6) is 0 Å². The van der Waals surface area contributed by atoms with E-state index in [9.17, 15) is 4.79 Å². The van der Waals surface area contributed by atoms with Crippen LogP contribution in [0.25, 0.3) is 0 Å². The fourth-order valence-corrected chi connectivity index (χ4v) is 2.77. The van der Waals surface area contributed by atoms with Gasteiger partial charge < -0.3 is 20.3 Å². The van der Waals surface area contributed by atoms with Crippen LogP contribution >= 0.6 is 15.9 Å². The van der Waals surface area contributed by atoms with Crippen LogP contribution in [-0.4, -0.2) is 42.8 Å². The summed E-state index contributed by atoms with van der Waals surface area (Å²) < 4.78 is 6.43. The van der Waals surface area contributed by atoms with E-state index in [1.165, 1.54) is 0 Å². The number of halogens is 1. The summed E-state index contributed by atoms with van der Waals surface area (Å²) in [7, 11) is 0. The first-order valence-electron chi connectivity index (χ1n) is 7.46. The van der Waals surface area contributed by atoms with Crippen LogP contribution in [0.1, 0.15) is 26.3 Å². The highest BCUT2D eigenvalue weighted by molar-refractivity contribution is 9.10. The normalized spacial score (nSPS) is 15.9. The van der Waals surface area contributed by atoms with Gasteiger partial charge in [-0.1, -0.05) is 15.9 Å². The van der Waals surface area contributed by atoms with Crippen LogP contribution in [-0.2, 0) is 4.74 Å². The molecular formula is C16H24BrN3O2. The predicted molar refractivity (Wildman–Crippen MR) is 93.3 cm³/mol. The lowest BCUT2D eigenvalue weighted by Gasteiger charge is -2.37. The minimum absolute atomic E-state index is 0.243. The Morgan fingerprint density at radius 2 is 1.82 bits per heavy atom. The van der Waals surface area contributed by atoms with Gasteiger partial charge in [0, 0.05) is 30.7 Å². The van der Waals surface area contributed by atoms with Gasteiger partial charge in [-0.15, -0.1) is 0 Å². The number of hydrogen-bond donors (Lipinski definition) is 1. The van der Waals surface area contributed by atoms with E-state index in [0.29, 0.717) is 13.1 Å². The van der Waals surface area contributed by atoms with E-state index in [1.54, 1.807) is 4.90 Å². The Hall–Kier alpha value is -1.43. The van der Waals surface area contributed by atoms with Crippen LogP contribution in [0.4, 0.5) is 16.2 Å². The monoisotopic (exact) mass is 369 g/mol. The molecule has 0 unspecified atom stereocenters. The van der Waals surface area contributed by atoms with Crippen molar-refractivity contribution in [2.45, 2.75) is 33.3 Å². The smallest absolute Gasteiger partial charge is 0.410 e. The highest BCUT2D eigenvalue weighted by Crippen LogP contribution is 2.32. The number of nitrogen functional groups attached to an aromatic ring is 1. The maximum Gasteiger partial charge on any atom is 0.410 e. The lowest BCUT2D eigenvalue weighted by atomic mass is 10.1. The highest BCUT2D eigenvalue weighted by Gasteiger charge is 2.26. The summed E-state index contributed by atoms with van der Waals surface area (Å²) in [6, 6.07) is 4.04. The molecule has 1 amide bonds. The third-order valence-electron chi connectivity index (χ3n) is 3.70. The Labute approximate surface area is 140 Å². The Balaban J connectivity index is 2.01. The van der Waals surface area contributed by atoms with Crippen molar-refractivity contribution < 1.29 is 9.53 Å². The molecule has 5 nitrogen and oxygen atoms in total.